The number of pyridine rings is 1. The van der Waals surface area contributed by atoms with Gasteiger partial charge in [-0.15, -0.1) is 0 Å². The molecule has 0 amide bonds. The van der Waals surface area contributed by atoms with Crippen LogP contribution in [-0.2, 0) is 10.0 Å². The first-order valence-corrected chi connectivity index (χ1v) is 8.72. The average Bonchev–Trinajstić information content (AvgIpc) is 2.45. The zero-order valence-corrected chi connectivity index (χ0v) is 13.6. The van der Waals surface area contributed by atoms with Gasteiger partial charge in [-0.3, -0.25) is 4.98 Å². The first-order valence-electron chi connectivity index (χ1n) is 6.83. The fourth-order valence-corrected chi connectivity index (χ4v) is 4.05. The molecular formula is C13H20N4O2S2. The Morgan fingerprint density at radius 3 is 3.05 bits per heavy atom. The zero-order chi connectivity index (χ0) is 15.5. The maximum atomic E-state index is 12.4. The van der Waals surface area contributed by atoms with Gasteiger partial charge in [0.05, 0.1) is 0 Å². The molecule has 0 saturated carbocycles. The largest absolute Gasteiger partial charge is 0.388 e. The summed E-state index contributed by atoms with van der Waals surface area (Å²) < 4.78 is 27.5. The van der Waals surface area contributed by atoms with Gasteiger partial charge in [-0.05, 0) is 44.5 Å². The van der Waals surface area contributed by atoms with E-state index in [1.165, 1.54) is 12.3 Å². The van der Waals surface area contributed by atoms with Crippen molar-refractivity contribution < 1.29 is 8.42 Å². The summed E-state index contributed by atoms with van der Waals surface area (Å²) in [5, 5.41) is 0. The predicted molar refractivity (Wildman–Crippen MR) is 85.5 cm³/mol. The zero-order valence-electron chi connectivity index (χ0n) is 11.9. The summed E-state index contributed by atoms with van der Waals surface area (Å²) in [5.41, 5.74) is 5.68. The Morgan fingerprint density at radius 1 is 1.62 bits per heavy atom. The van der Waals surface area contributed by atoms with Gasteiger partial charge in [-0.1, -0.05) is 12.2 Å². The van der Waals surface area contributed by atoms with Gasteiger partial charge in [0.1, 0.15) is 15.6 Å². The van der Waals surface area contributed by atoms with E-state index in [2.05, 4.69) is 14.6 Å². The molecule has 21 heavy (non-hydrogen) atoms. The molecule has 1 aromatic heterocycles. The standard InChI is InChI=1S/C13H20N4O2S2/c1-17-7-3-4-10(9-17)8-16-21(18,19)11-5-2-6-15-12(11)13(14)20/h2,5-6,10,16H,3-4,7-9H2,1H3,(H2,14,20). The molecule has 1 saturated heterocycles. The molecule has 8 heteroatoms. The lowest BCUT2D eigenvalue weighted by atomic mass is 9.99. The Bertz CT molecular complexity index is 618. The minimum absolute atomic E-state index is 0.0200. The maximum absolute atomic E-state index is 12.4. The summed E-state index contributed by atoms with van der Waals surface area (Å²) in [4.78, 5) is 6.20. The van der Waals surface area contributed by atoms with Crippen LogP contribution in [0, 0.1) is 5.92 Å². The molecule has 6 nitrogen and oxygen atoms in total. The molecule has 1 aromatic rings. The van der Waals surface area contributed by atoms with Crippen LogP contribution in [0.25, 0.3) is 0 Å². The summed E-state index contributed by atoms with van der Waals surface area (Å²) in [6.07, 6.45) is 3.60. The number of hydrogen-bond acceptors (Lipinski definition) is 5. The molecule has 1 unspecified atom stereocenters. The third kappa shape index (κ3) is 4.19. The van der Waals surface area contributed by atoms with Crippen LogP contribution in [0.5, 0.6) is 0 Å². The lowest BCUT2D eigenvalue weighted by Gasteiger charge is -2.29. The number of thiocarbonyl (C=S) groups is 1. The van der Waals surface area contributed by atoms with Crippen LogP contribution in [0.3, 0.4) is 0 Å². The number of aromatic nitrogens is 1. The summed E-state index contributed by atoms with van der Waals surface area (Å²) >= 11 is 4.86. The van der Waals surface area contributed by atoms with E-state index in [-0.39, 0.29) is 15.6 Å². The Morgan fingerprint density at radius 2 is 2.38 bits per heavy atom. The minimum Gasteiger partial charge on any atom is -0.388 e. The summed E-state index contributed by atoms with van der Waals surface area (Å²) in [7, 11) is -1.60. The normalized spacial score (nSPS) is 20.3. The Balaban J connectivity index is 2.10. The second-order valence-electron chi connectivity index (χ2n) is 5.34. The molecule has 2 rings (SSSR count). The van der Waals surface area contributed by atoms with Gasteiger partial charge in [0.2, 0.25) is 10.0 Å². The average molecular weight is 328 g/mol. The first kappa shape index (κ1) is 16.3. The van der Waals surface area contributed by atoms with Crippen molar-refractivity contribution in [2.45, 2.75) is 17.7 Å². The molecule has 2 heterocycles. The van der Waals surface area contributed by atoms with Gasteiger partial charge >= 0.3 is 0 Å². The molecule has 1 fully saturated rings. The lowest BCUT2D eigenvalue weighted by Crippen LogP contribution is -2.39. The molecule has 0 bridgehead atoms. The van der Waals surface area contributed by atoms with Crippen molar-refractivity contribution in [2.75, 3.05) is 26.7 Å². The number of piperidine rings is 1. The van der Waals surface area contributed by atoms with Crippen LogP contribution in [0.4, 0.5) is 0 Å². The van der Waals surface area contributed by atoms with Crippen LogP contribution in [0.15, 0.2) is 23.2 Å². The molecule has 1 aliphatic heterocycles. The topological polar surface area (TPSA) is 88.3 Å². The number of nitrogens with one attached hydrogen (secondary N) is 1. The Labute approximate surface area is 130 Å². The number of nitrogens with two attached hydrogens (primary N) is 1. The second kappa shape index (κ2) is 6.78. The van der Waals surface area contributed by atoms with Crippen molar-refractivity contribution in [1.82, 2.24) is 14.6 Å². The molecule has 0 spiro atoms. The van der Waals surface area contributed by atoms with Gasteiger partial charge in [0.25, 0.3) is 0 Å². The molecule has 0 aromatic carbocycles. The fourth-order valence-electron chi connectivity index (χ4n) is 2.54. The van der Waals surface area contributed by atoms with Gasteiger partial charge in [0.15, 0.2) is 0 Å². The van der Waals surface area contributed by atoms with E-state index in [0.29, 0.717) is 12.5 Å². The SMILES string of the molecule is CN1CCCC(CNS(=O)(=O)c2cccnc2C(N)=S)C1. The van der Waals surface area contributed by atoms with Crippen molar-refractivity contribution in [3.63, 3.8) is 0 Å². The van der Waals surface area contributed by atoms with E-state index >= 15 is 0 Å². The molecule has 116 valence electrons. The van der Waals surface area contributed by atoms with E-state index in [1.54, 1.807) is 6.07 Å². The van der Waals surface area contributed by atoms with Crippen molar-refractivity contribution in [3.8, 4) is 0 Å². The molecule has 0 aliphatic carbocycles. The monoisotopic (exact) mass is 328 g/mol. The number of sulfonamides is 1. The Kier molecular flexibility index (Phi) is 5.26. The highest BCUT2D eigenvalue weighted by atomic mass is 32.2. The van der Waals surface area contributed by atoms with E-state index in [4.69, 9.17) is 18.0 Å². The predicted octanol–water partition coefficient (Wildman–Crippen LogP) is 0.336. The molecule has 1 atom stereocenters. The number of likely N-dealkylation sites (tertiary alicyclic amines) is 1. The summed E-state index contributed by atoms with van der Waals surface area (Å²) in [6.45, 7) is 2.38. The van der Waals surface area contributed by atoms with E-state index < -0.39 is 10.0 Å². The molecular weight excluding hydrogens is 308 g/mol. The molecule has 0 radical (unpaired) electrons. The maximum Gasteiger partial charge on any atom is 0.242 e. The third-order valence-electron chi connectivity index (χ3n) is 3.58. The lowest BCUT2D eigenvalue weighted by molar-refractivity contribution is 0.211. The highest BCUT2D eigenvalue weighted by molar-refractivity contribution is 7.89. The highest BCUT2D eigenvalue weighted by Gasteiger charge is 2.23. The van der Waals surface area contributed by atoms with Crippen LogP contribution < -0.4 is 10.5 Å². The molecule has 1 aliphatic rings. The summed E-state index contributed by atoms with van der Waals surface area (Å²) in [6, 6.07) is 3.03. The quantitative estimate of drug-likeness (QED) is 0.758. The van der Waals surface area contributed by atoms with E-state index in [0.717, 1.165) is 25.9 Å². The molecule has 3 N–H and O–H groups in total. The van der Waals surface area contributed by atoms with Crippen molar-refractivity contribution in [3.05, 3.63) is 24.0 Å². The van der Waals surface area contributed by atoms with E-state index in [1.807, 2.05) is 7.05 Å². The number of nitrogens with zero attached hydrogens (tertiary/aromatic N) is 2. The first-order chi connectivity index (χ1) is 9.90. The van der Waals surface area contributed by atoms with Crippen molar-refractivity contribution >= 4 is 27.2 Å². The van der Waals surface area contributed by atoms with Crippen LogP contribution in [0.1, 0.15) is 18.5 Å². The Hall–Kier alpha value is -1.09. The summed E-state index contributed by atoms with van der Waals surface area (Å²) in [5.74, 6) is 0.323. The van der Waals surface area contributed by atoms with Gasteiger partial charge in [0, 0.05) is 19.3 Å². The van der Waals surface area contributed by atoms with Gasteiger partial charge in [-0.25, -0.2) is 13.1 Å². The smallest absolute Gasteiger partial charge is 0.242 e. The third-order valence-corrected chi connectivity index (χ3v) is 5.23. The van der Waals surface area contributed by atoms with Gasteiger partial charge < -0.3 is 10.6 Å². The van der Waals surface area contributed by atoms with Crippen LogP contribution in [0.2, 0.25) is 0 Å². The van der Waals surface area contributed by atoms with E-state index in [9.17, 15) is 8.42 Å². The second-order valence-corrected chi connectivity index (χ2v) is 7.51. The van der Waals surface area contributed by atoms with Crippen molar-refractivity contribution in [2.24, 2.45) is 11.7 Å². The number of rotatable bonds is 5. The number of hydrogen-bond donors (Lipinski definition) is 2. The fraction of sp³-hybridized carbons (Fsp3) is 0.538. The van der Waals surface area contributed by atoms with Crippen molar-refractivity contribution in [1.29, 1.82) is 0 Å². The van der Waals surface area contributed by atoms with Crippen LogP contribution >= 0.6 is 12.2 Å². The van der Waals surface area contributed by atoms with Gasteiger partial charge in [-0.2, -0.15) is 0 Å². The highest BCUT2D eigenvalue weighted by Crippen LogP contribution is 2.17. The minimum atomic E-state index is -3.65. The van der Waals surface area contributed by atoms with Crippen LogP contribution in [-0.4, -0.2) is 50.0 Å².